The summed E-state index contributed by atoms with van der Waals surface area (Å²) in [5.74, 6) is 0.340. The van der Waals surface area contributed by atoms with Crippen LogP contribution in [-0.4, -0.2) is 45.8 Å². The van der Waals surface area contributed by atoms with Crippen LogP contribution in [-0.2, 0) is 0 Å². The molecule has 0 atom stereocenters. The molecule has 0 aliphatic rings. The van der Waals surface area contributed by atoms with E-state index in [0.717, 1.165) is 6.42 Å². The molecule has 0 fully saturated rings. The first-order chi connectivity index (χ1) is 8.09. The van der Waals surface area contributed by atoms with Crippen molar-refractivity contribution in [3.63, 3.8) is 0 Å². The van der Waals surface area contributed by atoms with Gasteiger partial charge in [0.15, 0.2) is 0 Å². The van der Waals surface area contributed by atoms with Gasteiger partial charge in [0, 0.05) is 5.41 Å². The van der Waals surface area contributed by atoms with Crippen molar-refractivity contribution in [2.45, 2.75) is 27.2 Å². The lowest BCUT2D eigenvalue weighted by Gasteiger charge is -2.32. The second-order valence-corrected chi connectivity index (χ2v) is 3.86. The Labute approximate surface area is 106 Å². The molecule has 0 spiro atoms. The minimum atomic E-state index is -1.33. The van der Waals surface area contributed by atoms with Gasteiger partial charge in [-0.2, -0.15) is 0 Å². The van der Waals surface area contributed by atoms with Gasteiger partial charge in [-0.3, -0.25) is 0 Å². The van der Waals surface area contributed by atoms with Gasteiger partial charge in [0.25, 0.3) is 0 Å². The minimum Gasteiger partial charge on any atom is -0.465 e. The molecule has 2 amide bonds. The van der Waals surface area contributed by atoms with E-state index < -0.39 is 12.2 Å². The normalized spacial score (nSPS) is 9.67. The molecule has 18 heavy (non-hydrogen) atoms. The monoisotopic (exact) mass is 268 g/mol. The number of aliphatic hydroxyl groups excluding tert-OH is 2. The van der Waals surface area contributed by atoms with Crippen molar-refractivity contribution in [1.29, 1.82) is 0 Å². The molecule has 8 nitrogen and oxygen atoms in total. The highest BCUT2D eigenvalue weighted by molar-refractivity contribution is 5.61. The van der Waals surface area contributed by atoms with E-state index in [2.05, 4.69) is 11.5 Å². The third-order valence-electron chi connectivity index (χ3n) is 2.56. The number of hydrogen-bond donors (Lipinski definition) is 6. The number of hydrogen-bond acceptors (Lipinski definition) is 4. The topological polar surface area (TPSA) is 167 Å². The molecule has 0 heterocycles. The predicted octanol–water partition coefficient (Wildman–Crippen LogP) is 0.270. The maximum Gasteiger partial charge on any atom is 0.402 e. The minimum absolute atomic E-state index is 0.0810. The van der Waals surface area contributed by atoms with Crippen LogP contribution in [0.2, 0.25) is 0 Å². The molecule has 8 heteroatoms. The van der Waals surface area contributed by atoms with E-state index in [1.807, 2.05) is 20.8 Å². The van der Waals surface area contributed by atoms with Crippen LogP contribution in [0.1, 0.15) is 27.2 Å². The first-order valence-corrected chi connectivity index (χ1v) is 5.28. The van der Waals surface area contributed by atoms with Crippen LogP contribution in [0, 0.1) is 11.3 Å². The summed E-state index contributed by atoms with van der Waals surface area (Å²) >= 11 is 0. The number of nitrogens with two attached hydrogens (primary N) is 2. The third-order valence-corrected chi connectivity index (χ3v) is 2.56. The van der Waals surface area contributed by atoms with Crippen LogP contribution in [0.25, 0.3) is 0 Å². The Morgan fingerprint density at radius 1 is 1.06 bits per heavy atom. The highest BCUT2D eigenvalue weighted by Crippen LogP contribution is 2.29. The number of carboxylic acid groups (broad SMARTS) is 2. The Balaban J connectivity index is -0.000000233. The van der Waals surface area contributed by atoms with Gasteiger partial charge in [0.1, 0.15) is 0 Å². The molecular weight excluding hydrogens is 244 g/mol. The fourth-order valence-electron chi connectivity index (χ4n) is 1.05. The number of aliphatic hydroxyl groups is 2. The largest absolute Gasteiger partial charge is 0.465 e. The van der Waals surface area contributed by atoms with Crippen LogP contribution in [0.4, 0.5) is 9.59 Å². The Morgan fingerprint density at radius 2 is 1.28 bits per heavy atom. The number of rotatable bonds is 4. The summed E-state index contributed by atoms with van der Waals surface area (Å²) in [6, 6.07) is 0. The fraction of sp³-hybridized carbons (Fsp3) is 0.800. The van der Waals surface area contributed by atoms with Crippen molar-refractivity contribution in [3.05, 3.63) is 0 Å². The second kappa shape index (κ2) is 11.9. The van der Waals surface area contributed by atoms with Crippen molar-refractivity contribution < 1.29 is 30.0 Å². The van der Waals surface area contributed by atoms with Gasteiger partial charge in [-0.25, -0.2) is 9.59 Å². The second-order valence-electron chi connectivity index (χ2n) is 3.86. The van der Waals surface area contributed by atoms with Gasteiger partial charge >= 0.3 is 12.2 Å². The van der Waals surface area contributed by atoms with Gasteiger partial charge in [-0.1, -0.05) is 20.8 Å². The van der Waals surface area contributed by atoms with Crippen molar-refractivity contribution in [2.75, 3.05) is 13.2 Å². The molecule has 8 N–H and O–H groups in total. The molecule has 0 aliphatic carbocycles. The van der Waals surface area contributed by atoms with Crippen LogP contribution in [0.5, 0.6) is 0 Å². The van der Waals surface area contributed by atoms with Crippen LogP contribution < -0.4 is 11.5 Å². The molecular formula is C10H24N2O6. The lowest BCUT2D eigenvalue weighted by Crippen LogP contribution is -2.34. The summed E-state index contributed by atoms with van der Waals surface area (Å²) in [5.41, 5.74) is 7.79. The van der Waals surface area contributed by atoms with Crippen molar-refractivity contribution >= 4 is 12.2 Å². The SMILES string of the molecule is CCC(CO)(CO)C(C)C.NC(=O)O.NC(=O)O. The molecule has 0 radical (unpaired) electrons. The Hall–Kier alpha value is -1.54. The van der Waals surface area contributed by atoms with Crippen molar-refractivity contribution in [2.24, 2.45) is 22.8 Å². The maximum atomic E-state index is 8.99. The molecule has 0 aromatic carbocycles. The van der Waals surface area contributed by atoms with Crippen LogP contribution in [0.15, 0.2) is 0 Å². The molecule has 0 aromatic rings. The molecule has 0 aromatic heterocycles. The summed E-state index contributed by atoms with van der Waals surface area (Å²) in [4.78, 5) is 17.6. The number of carbonyl (C=O) groups is 2. The van der Waals surface area contributed by atoms with Crippen LogP contribution >= 0.6 is 0 Å². The summed E-state index contributed by atoms with van der Waals surface area (Å²) in [6.07, 6.45) is -1.84. The van der Waals surface area contributed by atoms with E-state index in [9.17, 15) is 0 Å². The van der Waals surface area contributed by atoms with Gasteiger partial charge in [0.2, 0.25) is 0 Å². The average molecular weight is 268 g/mol. The zero-order valence-corrected chi connectivity index (χ0v) is 11.0. The first-order valence-electron chi connectivity index (χ1n) is 5.28. The molecule has 0 saturated carbocycles. The van der Waals surface area contributed by atoms with E-state index in [1.165, 1.54) is 0 Å². The van der Waals surface area contributed by atoms with E-state index >= 15 is 0 Å². The smallest absolute Gasteiger partial charge is 0.402 e. The highest BCUT2D eigenvalue weighted by atomic mass is 16.4. The van der Waals surface area contributed by atoms with Crippen molar-refractivity contribution in [1.82, 2.24) is 0 Å². The molecule has 110 valence electrons. The van der Waals surface area contributed by atoms with Gasteiger partial charge in [-0.15, -0.1) is 0 Å². The number of primary amides is 2. The Morgan fingerprint density at radius 3 is 1.28 bits per heavy atom. The van der Waals surface area contributed by atoms with Gasteiger partial charge in [-0.05, 0) is 12.3 Å². The molecule has 0 rings (SSSR count). The lowest BCUT2D eigenvalue weighted by atomic mass is 9.76. The summed E-state index contributed by atoms with van der Waals surface area (Å²) < 4.78 is 0. The van der Waals surface area contributed by atoms with Gasteiger partial charge in [0.05, 0.1) is 13.2 Å². The standard InChI is InChI=1S/C8H18O2.2CH3NO2/c1-4-8(5-9,6-10)7(2)3;2*2-1(3)4/h7,9-10H,4-6H2,1-3H3;2*2H2,(H,3,4). The third kappa shape index (κ3) is 14.5. The average Bonchev–Trinajstić information content (AvgIpc) is 2.19. The zero-order valence-electron chi connectivity index (χ0n) is 11.0. The Bertz CT molecular complexity index is 200. The molecule has 0 bridgehead atoms. The van der Waals surface area contributed by atoms with E-state index in [0.29, 0.717) is 5.92 Å². The van der Waals surface area contributed by atoms with Crippen LogP contribution in [0.3, 0.4) is 0 Å². The van der Waals surface area contributed by atoms with E-state index in [-0.39, 0.29) is 18.6 Å². The summed E-state index contributed by atoms with van der Waals surface area (Å²) in [7, 11) is 0. The zero-order chi connectivity index (χ0) is 15.4. The summed E-state index contributed by atoms with van der Waals surface area (Å²) in [5, 5.41) is 32.4. The molecule has 0 unspecified atom stereocenters. The summed E-state index contributed by atoms with van der Waals surface area (Å²) in [6.45, 7) is 6.20. The Kier molecular flexibility index (Phi) is 14.4. The maximum absolute atomic E-state index is 8.99. The fourth-order valence-corrected chi connectivity index (χ4v) is 1.05. The molecule has 0 saturated heterocycles. The predicted molar refractivity (Wildman–Crippen MR) is 66.2 cm³/mol. The van der Waals surface area contributed by atoms with Crippen molar-refractivity contribution in [3.8, 4) is 0 Å². The first kappa shape index (κ1) is 21.7. The quantitative estimate of drug-likeness (QED) is 0.427. The lowest BCUT2D eigenvalue weighted by molar-refractivity contribution is 0.0130. The van der Waals surface area contributed by atoms with E-state index in [4.69, 9.17) is 30.0 Å². The van der Waals surface area contributed by atoms with Gasteiger partial charge < -0.3 is 31.9 Å². The highest BCUT2D eigenvalue weighted by Gasteiger charge is 2.29. The molecule has 0 aliphatic heterocycles. The van der Waals surface area contributed by atoms with E-state index in [1.54, 1.807) is 0 Å². The number of amides is 2.